The maximum Gasteiger partial charge on any atom is 0.187 e. The molecule has 1 aromatic carbocycles. The Morgan fingerprint density at radius 2 is 2.19 bits per heavy atom. The van der Waals surface area contributed by atoms with Gasteiger partial charge in [-0.25, -0.2) is 9.67 Å². The largest absolute Gasteiger partial charge is 0.358 e. The van der Waals surface area contributed by atoms with Gasteiger partial charge < -0.3 is 5.32 Å². The van der Waals surface area contributed by atoms with E-state index in [1.807, 2.05) is 31.2 Å². The van der Waals surface area contributed by atoms with Crippen molar-refractivity contribution in [2.45, 2.75) is 6.92 Å². The molecule has 0 radical (unpaired) electrons. The summed E-state index contributed by atoms with van der Waals surface area (Å²) in [6, 6.07) is 7.85. The number of benzene rings is 1. The SMILES string of the molecule is C=CCNC(=S)NN=C(C)c1ccc(-n2cncn2)cc1. The average molecular weight is 300 g/mol. The third kappa shape index (κ3) is 4.22. The van der Waals surface area contributed by atoms with Crippen molar-refractivity contribution in [3.63, 3.8) is 0 Å². The fraction of sp³-hybridized carbons (Fsp3) is 0.143. The lowest BCUT2D eigenvalue weighted by atomic mass is 10.1. The Hall–Kier alpha value is -2.54. The summed E-state index contributed by atoms with van der Waals surface area (Å²) in [5.74, 6) is 0. The summed E-state index contributed by atoms with van der Waals surface area (Å²) in [5.41, 5.74) is 5.57. The first-order valence-corrected chi connectivity index (χ1v) is 6.76. The van der Waals surface area contributed by atoms with Crippen LogP contribution in [0.5, 0.6) is 0 Å². The molecule has 0 saturated heterocycles. The van der Waals surface area contributed by atoms with Crippen LogP contribution in [0.3, 0.4) is 0 Å². The van der Waals surface area contributed by atoms with Gasteiger partial charge in [-0.15, -0.1) is 6.58 Å². The number of aromatic nitrogens is 3. The first-order valence-electron chi connectivity index (χ1n) is 6.35. The van der Waals surface area contributed by atoms with E-state index in [4.69, 9.17) is 12.2 Å². The second-order valence-electron chi connectivity index (χ2n) is 4.19. The van der Waals surface area contributed by atoms with E-state index in [2.05, 4.69) is 32.5 Å². The lowest BCUT2D eigenvalue weighted by Crippen LogP contribution is -2.32. The van der Waals surface area contributed by atoms with E-state index < -0.39 is 0 Å². The lowest BCUT2D eigenvalue weighted by Gasteiger charge is -2.06. The summed E-state index contributed by atoms with van der Waals surface area (Å²) < 4.78 is 1.70. The number of nitrogens with one attached hydrogen (secondary N) is 2. The number of rotatable bonds is 5. The number of nitrogens with zero attached hydrogens (tertiary/aromatic N) is 4. The fourth-order valence-corrected chi connectivity index (χ4v) is 1.73. The number of hydrazone groups is 1. The van der Waals surface area contributed by atoms with Crippen LogP contribution in [0.1, 0.15) is 12.5 Å². The third-order valence-corrected chi connectivity index (χ3v) is 2.94. The van der Waals surface area contributed by atoms with Crippen molar-refractivity contribution < 1.29 is 0 Å². The normalized spacial score (nSPS) is 11.0. The molecule has 2 N–H and O–H groups in total. The Balaban J connectivity index is 2.01. The molecule has 2 rings (SSSR count). The van der Waals surface area contributed by atoms with Gasteiger partial charge in [-0.3, -0.25) is 5.43 Å². The summed E-state index contributed by atoms with van der Waals surface area (Å²) in [5, 5.41) is 11.7. The van der Waals surface area contributed by atoms with Gasteiger partial charge in [0.05, 0.1) is 11.4 Å². The van der Waals surface area contributed by atoms with E-state index in [0.29, 0.717) is 11.7 Å². The molecule has 0 bridgehead atoms. The summed E-state index contributed by atoms with van der Waals surface area (Å²) in [4.78, 5) is 3.92. The van der Waals surface area contributed by atoms with E-state index in [0.717, 1.165) is 17.0 Å². The standard InChI is InChI=1S/C14H16N6S/c1-3-8-16-14(21)19-18-11(2)12-4-6-13(7-5-12)20-10-15-9-17-20/h3-7,9-10H,1,8H2,2H3,(H2,16,19,21). The van der Waals surface area contributed by atoms with Crippen LogP contribution in [0.4, 0.5) is 0 Å². The average Bonchev–Trinajstić information content (AvgIpc) is 3.05. The van der Waals surface area contributed by atoms with E-state index in [1.165, 1.54) is 6.33 Å². The van der Waals surface area contributed by atoms with Crippen LogP contribution < -0.4 is 10.7 Å². The van der Waals surface area contributed by atoms with E-state index >= 15 is 0 Å². The van der Waals surface area contributed by atoms with Crippen LogP contribution in [0.15, 0.2) is 54.7 Å². The van der Waals surface area contributed by atoms with Gasteiger partial charge in [-0.2, -0.15) is 10.2 Å². The maximum atomic E-state index is 5.07. The molecule has 21 heavy (non-hydrogen) atoms. The minimum Gasteiger partial charge on any atom is -0.358 e. The van der Waals surface area contributed by atoms with Crippen molar-refractivity contribution in [3.05, 3.63) is 55.1 Å². The molecule has 2 aromatic rings. The van der Waals surface area contributed by atoms with Gasteiger partial charge in [0.2, 0.25) is 0 Å². The van der Waals surface area contributed by atoms with Crippen LogP contribution in [0.25, 0.3) is 5.69 Å². The number of thiocarbonyl (C=S) groups is 1. The summed E-state index contributed by atoms with van der Waals surface area (Å²) in [6.45, 7) is 6.12. The van der Waals surface area contributed by atoms with Crippen molar-refractivity contribution >= 4 is 23.0 Å². The first-order chi connectivity index (χ1) is 10.2. The van der Waals surface area contributed by atoms with Crippen LogP contribution >= 0.6 is 12.2 Å². The van der Waals surface area contributed by atoms with Crippen LogP contribution in [0.2, 0.25) is 0 Å². The molecule has 108 valence electrons. The molecule has 0 aliphatic rings. The monoisotopic (exact) mass is 300 g/mol. The highest BCUT2D eigenvalue weighted by atomic mass is 32.1. The Labute approximate surface area is 128 Å². The lowest BCUT2D eigenvalue weighted by molar-refractivity contribution is 0.879. The molecular weight excluding hydrogens is 284 g/mol. The van der Waals surface area contributed by atoms with Gasteiger partial charge in [0.1, 0.15) is 12.7 Å². The highest BCUT2D eigenvalue weighted by molar-refractivity contribution is 7.80. The zero-order valence-corrected chi connectivity index (χ0v) is 12.5. The zero-order chi connectivity index (χ0) is 15.1. The summed E-state index contributed by atoms with van der Waals surface area (Å²) >= 11 is 5.07. The smallest absolute Gasteiger partial charge is 0.187 e. The van der Waals surface area contributed by atoms with Crippen LogP contribution in [0, 0.1) is 0 Å². The molecule has 0 aliphatic heterocycles. The van der Waals surface area contributed by atoms with Gasteiger partial charge in [-0.05, 0) is 36.8 Å². The molecule has 0 unspecified atom stereocenters. The molecule has 0 spiro atoms. The van der Waals surface area contributed by atoms with E-state index in [-0.39, 0.29) is 0 Å². The Morgan fingerprint density at radius 1 is 1.43 bits per heavy atom. The van der Waals surface area contributed by atoms with Crippen molar-refractivity contribution in [2.75, 3.05) is 6.54 Å². The number of hydrogen-bond donors (Lipinski definition) is 2. The molecule has 1 aromatic heterocycles. The minimum atomic E-state index is 0.466. The first kappa shape index (κ1) is 14.9. The zero-order valence-electron chi connectivity index (χ0n) is 11.7. The highest BCUT2D eigenvalue weighted by Gasteiger charge is 2.00. The minimum absolute atomic E-state index is 0.466. The molecule has 0 fully saturated rings. The Morgan fingerprint density at radius 3 is 2.81 bits per heavy atom. The Kier molecular flexibility index (Phi) is 5.16. The van der Waals surface area contributed by atoms with Gasteiger partial charge in [-0.1, -0.05) is 18.2 Å². The van der Waals surface area contributed by atoms with Crippen molar-refractivity contribution in [2.24, 2.45) is 5.10 Å². The predicted molar refractivity (Wildman–Crippen MR) is 87.5 cm³/mol. The second kappa shape index (κ2) is 7.30. The molecule has 6 nitrogen and oxygen atoms in total. The second-order valence-corrected chi connectivity index (χ2v) is 4.60. The molecular formula is C14H16N6S. The van der Waals surface area contributed by atoms with E-state index in [1.54, 1.807) is 17.1 Å². The van der Waals surface area contributed by atoms with Gasteiger partial charge >= 0.3 is 0 Å². The number of hydrogen-bond acceptors (Lipinski definition) is 4. The van der Waals surface area contributed by atoms with Crippen molar-refractivity contribution in [3.8, 4) is 5.69 Å². The van der Waals surface area contributed by atoms with Gasteiger partial charge in [0.15, 0.2) is 5.11 Å². The molecule has 0 atom stereocenters. The molecule has 0 saturated carbocycles. The summed E-state index contributed by atoms with van der Waals surface area (Å²) in [6.07, 6.45) is 4.89. The molecule has 1 heterocycles. The Bertz CT molecular complexity index is 630. The summed E-state index contributed by atoms with van der Waals surface area (Å²) in [7, 11) is 0. The van der Waals surface area contributed by atoms with Gasteiger partial charge in [0, 0.05) is 6.54 Å². The van der Waals surface area contributed by atoms with Crippen molar-refractivity contribution in [1.29, 1.82) is 0 Å². The van der Waals surface area contributed by atoms with Crippen molar-refractivity contribution in [1.82, 2.24) is 25.5 Å². The van der Waals surface area contributed by atoms with Gasteiger partial charge in [0.25, 0.3) is 0 Å². The molecule has 0 amide bonds. The van der Waals surface area contributed by atoms with Crippen LogP contribution in [-0.4, -0.2) is 32.1 Å². The molecule has 0 aliphatic carbocycles. The highest BCUT2D eigenvalue weighted by Crippen LogP contribution is 2.08. The quantitative estimate of drug-likeness (QED) is 0.380. The van der Waals surface area contributed by atoms with Crippen LogP contribution in [-0.2, 0) is 0 Å². The topological polar surface area (TPSA) is 67.1 Å². The fourth-order valence-electron chi connectivity index (χ4n) is 1.60. The van der Waals surface area contributed by atoms with E-state index in [9.17, 15) is 0 Å². The third-order valence-electron chi connectivity index (χ3n) is 2.70. The predicted octanol–water partition coefficient (Wildman–Crippen LogP) is 1.64. The molecule has 7 heteroatoms. The maximum absolute atomic E-state index is 5.07.